The molecule has 2 aliphatic rings. The molecular formula is C14H18N2O. The van der Waals surface area contributed by atoms with Gasteiger partial charge in [-0.25, -0.2) is 0 Å². The summed E-state index contributed by atoms with van der Waals surface area (Å²) in [6, 6.07) is 8.80. The van der Waals surface area contributed by atoms with E-state index in [1.54, 1.807) is 4.90 Å². The van der Waals surface area contributed by atoms with Crippen LogP contribution in [0.3, 0.4) is 0 Å². The number of hydrogen-bond donors (Lipinski definition) is 0. The predicted octanol–water partition coefficient (Wildman–Crippen LogP) is 2.41. The average molecular weight is 230 g/mol. The highest BCUT2D eigenvalue weighted by molar-refractivity contribution is 6.02. The minimum Gasteiger partial charge on any atom is -0.358 e. The minimum absolute atomic E-state index is 0.204. The van der Waals surface area contributed by atoms with E-state index in [9.17, 15) is 4.79 Å². The van der Waals surface area contributed by atoms with Crippen molar-refractivity contribution in [3.63, 3.8) is 0 Å². The van der Waals surface area contributed by atoms with E-state index in [2.05, 4.69) is 17.0 Å². The van der Waals surface area contributed by atoms with Gasteiger partial charge in [-0.1, -0.05) is 25.0 Å². The Labute approximate surface area is 102 Å². The van der Waals surface area contributed by atoms with Gasteiger partial charge in [0, 0.05) is 13.1 Å². The van der Waals surface area contributed by atoms with E-state index < -0.39 is 0 Å². The van der Waals surface area contributed by atoms with Gasteiger partial charge in [-0.2, -0.15) is 0 Å². The summed E-state index contributed by atoms with van der Waals surface area (Å²) >= 11 is 0. The highest BCUT2D eigenvalue weighted by atomic mass is 16.2. The lowest BCUT2D eigenvalue weighted by Crippen LogP contribution is -2.47. The molecule has 1 heterocycles. The van der Waals surface area contributed by atoms with Gasteiger partial charge >= 0.3 is 0 Å². The molecule has 1 aromatic carbocycles. The molecule has 1 aliphatic carbocycles. The molecule has 90 valence electrons. The summed E-state index contributed by atoms with van der Waals surface area (Å²) in [5.41, 5.74) is 2.28. The molecule has 0 aromatic heterocycles. The lowest BCUT2D eigenvalue weighted by Gasteiger charge is -2.39. The molecule has 0 spiro atoms. The number of nitrogens with zero attached hydrogens (tertiary/aromatic N) is 2. The second-order valence-corrected chi connectivity index (χ2v) is 5.01. The quantitative estimate of drug-likeness (QED) is 0.739. The summed E-state index contributed by atoms with van der Waals surface area (Å²) in [5, 5.41) is 0. The number of rotatable bonds is 1. The Morgan fingerprint density at radius 3 is 2.47 bits per heavy atom. The molecule has 1 fully saturated rings. The van der Waals surface area contributed by atoms with Gasteiger partial charge in [0.2, 0.25) is 5.91 Å². The largest absolute Gasteiger partial charge is 0.358 e. The van der Waals surface area contributed by atoms with Crippen molar-refractivity contribution in [1.82, 2.24) is 0 Å². The molecule has 1 saturated carbocycles. The van der Waals surface area contributed by atoms with Crippen molar-refractivity contribution in [2.24, 2.45) is 0 Å². The molecule has 17 heavy (non-hydrogen) atoms. The van der Waals surface area contributed by atoms with Crippen LogP contribution in [0.5, 0.6) is 0 Å². The second-order valence-electron chi connectivity index (χ2n) is 5.01. The third kappa shape index (κ3) is 1.70. The van der Waals surface area contributed by atoms with Crippen molar-refractivity contribution in [2.75, 3.05) is 23.4 Å². The topological polar surface area (TPSA) is 23.6 Å². The van der Waals surface area contributed by atoms with E-state index in [1.165, 1.54) is 31.4 Å². The van der Waals surface area contributed by atoms with E-state index in [0.717, 1.165) is 5.69 Å². The fraction of sp³-hybridized carbons (Fsp3) is 0.500. The zero-order valence-corrected chi connectivity index (χ0v) is 10.2. The first-order valence-corrected chi connectivity index (χ1v) is 6.39. The molecule has 0 saturated heterocycles. The first-order valence-electron chi connectivity index (χ1n) is 6.39. The van der Waals surface area contributed by atoms with Crippen molar-refractivity contribution < 1.29 is 4.79 Å². The van der Waals surface area contributed by atoms with E-state index in [0.29, 0.717) is 12.6 Å². The number of likely N-dealkylation sites (N-methyl/N-ethyl adjacent to an activating group) is 1. The number of hydrogen-bond acceptors (Lipinski definition) is 2. The van der Waals surface area contributed by atoms with Crippen LogP contribution in [0.4, 0.5) is 11.4 Å². The zero-order chi connectivity index (χ0) is 11.8. The van der Waals surface area contributed by atoms with Crippen LogP contribution in [-0.4, -0.2) is 25.5 Å². The summed E-state index contributed by atoms with van der Waals surface area (Å²) in [6.07, 6.45) is 5.05. The number of amides is 1. The van der Waals surface area contributed by atoms with Crippen molar-refractivity contribution in [3.8, 4) is 0 Å². The van der Waals surface area contributed by atoms with E-state index in [1.807, 2.05) is 19.2 Å². The lowest BCUT2D eigenvalue weighted by atomic mass is 10.1. The normalized spacial score (nSPS) is 20.9. The number of para-hydroxylation sites is 2. The summed E-state index contributed by atoms with van der Waals surface area (Å²) < 4.78 is 0. The number of carbonyl (C=O) groups is 1. The average Bonchev–Trinajstić information content (AvgIpc) is 2.87. The van der Waals surface area contributed by atoms with Gasteiger partial charge in [0.25, 0.3) is 0 Å². The van der Waals surface area contributed by atoms with Crippen molar-refractivity contribution in [3.05, 3.63) is 24.3 Å². The molecular weight excluding hydrogens is 212 g/mol. The maximum atomic E-state index is 12.0. The van der Waals surface area contributed by atoms with Crippen LogP contribution >= 0.6 is 0 Å². The van der Waals surface area contributed by atoms with Crippen molar-refractivity contribution in [1.29, 1.82) is 0 Å². The summed E-state index contributed by atoms with van der Waals surface area (Å²) in [6.45, 7) is 0.540. The molecule has 0 atom stereocenters. The third-order valence-electron chi connectivity index (χ3n) is 4.00. The van der Waals surface area contributed by atoms with Crippen LogP contribution < -0.4 is 9.80 Å². The Balaban J connectivity index is 2.00. The molecule has 3 nitrogen and oxygen atoms in total. The number of benzene rings is 1. The van der Waals surface area contributed by atoms with Gasteiger partial charge in [-0.05, 0) is 25.0 Å². The van der Waals surface area contributed by atoms with Crippen molar-refractivity contribution in [2.45, 2.75) is 31.7 Å². The first kappa shape index (κ1) is 10.6. The highest BCUT2D eigenvalue weighted by Gasteiger charge is 2.32. The van der Waals surface area contributed by atoms with E-state index in [-0.39, 0.29) is 5.91 Å². The Hall–Kier alpha value is -1.51. The Morgan fingerprint density at radius 2 is 1.76 bits per heavy atom. The molecule has 3 rings (SSSR count). The van der Waals surface area contributed by atoms with Crippen LogP contribution in [-0.2, 0) is 4.79 Å². The highest BCUT2D eigenvalue weighted by Crippen LogP contribution is 2.37. The van der Waals surface area contributed by atoms with Crippen LogP contribution in [0.2, 0.25) is 0 Å². The zero-order valence-electron chi connectivity index (χ0n) is 10.2. The van der Waals surface area contributed by atoms with Gasteiger partial charge in [-0.3, -0.25) is 4.79 Å². The minimum atomic E-state index is 0.204. The molecule has 0 bridgehead atoms. The van der Waals surface area contributed by atoms with Gasteiger partial charge < -0.3 is 9.80 Å². The smallest absolute Gasteiger partial charge is 0.246 e. The van der Waals surface area contributed by atoms with Gasteiger partial charge in [-0.15, -0.1) is 0 Å². The predicted molar refractivity (Wildman–Crippen MR) is 69.5 cm³/mol. The van der Waals surface area contributed by atoms with Gasteiger partial charge in [0.05, 0.1) is 17.9 Å². The van der Waals surface area contributed by atoms with Gasteiger partial charge in [0.1, 0.15) is 0 Å². The standard InChI is InChI=1S/C14H18N2O/c1-15-12-8-4-5-9-13(12)16(10-14(15)17)11-6-2-3-7-11/h4-5,8-9,11H,2-3,6-7,10H2,1H3. The maximum absolute atomic E-state index is 12.0. The Morgan fingerprint density at radius 1 is 1.12 bits per heavy atom. The monoisotopic (exact) mass is 230 g/mol. The summed E-state index contributed by atoms with van der Waals surface area (Å²) in [7, 11) is 1.87. The van der Waals surface area contributed by atoms with Crippen LogP contribution in [0.15, 0.2) is 24.3 Å². The molecule has 1 amide bonds. The van der Waals surface area contributed by atoms with Crippen molar-refractivity contribution >= 4 is 17.3 Å². The number of fused-ring (bicyclic) bond motifs is 1. The lowest BCUT2D eigenvalue weighted by molar-refractivity contribution is -0.117. The van der Waals surface area contributed by atoms with E-state index in [4.69, 9.17) is 0 Å². The fourth-order valence-corrected chi connectivity index (χ4v) is 3.00. The summed E-state index contributed by atoms with van der Waals surface area (Å²) in [4.78, 5) is 16.1. The SMILES string of the molecule is CN1C(=O)CN(C2CCCC2)c2ccccc21. The van der Waals surface area contributed by atoms with E-state index >= 15 is 0 Å². The number of anilines is 2. The Kier molecular flexibility index (Phi) is 2.54. The molecule has 0 unspecified atom stereocenters. The molecule has 1 aromatic rings. The van der Waals surface area contributed by atoms with Crippen LogP contribution in [0.1, 0.15) is 25.7 Å². The van der Waals surface area contributed by atoms with Gasteiger partial charge in [0.15, 0.2) is 0 Å². The maximum Gasteiger partial charge on any atom is 0.246 e. The third-order valence-corrected chi connectivity index (χ3v) is 4.00. The van der Waals surface area contributed by atoms with Crippen LogP contribution in [0.25, 0.3) is 0 Å². The molecule has 3 heteroatoms. The molecule has 1 aliphatic heterocycles. The Bertz CT molecular complexity index is 438. The number of carbonyl (C=O) groups excluding carboxylic acids is 1. The fourth-order valence-electron chi connectivity index (χ4n) is 3.00. The first-order chi connectivity index (χ1) is 8.27. The second kappa shape index (κ2) is 4.06. The summed E-state index contributed by atoms with van der Waals surface area (Å²) in [5.74, 6) is 0.204. The molecule has 0 N–H and O–H groups in total. The molecule has 0 radical (unpaired) electrons. The van der Waals surface area contributed by atoms with Crippen LogP contribution in [0, 0.1) is 0 Å².